The maximum Gasteiger partial charge on any atom is 0.178 e. The van der Waals surface area contributed by atoms with Crippen LogP contribution in [0.2, 0.25) is 0 Å². The van der Waals surface area contributed by atoms with E-state index in [4.69, 9.17) is 0 Å². The van der Waals surface area contributed by atoms with Crippen LogP contribution in [0.15, 0.2) is 72.8 Å². The molecule has 0 bridgehead atoms. The summed E-state index contributed by atoms with van der Waals surface area (Å²) in [5, 5.41) is 0. The molecule has 0 aliphatic rings. The second kappa shape index (κ2) is 16.0. The van der Waals surface area contributed by atoms with Crippen LogP contribution in [0.3, 0.4) is 0 Å². The van der Waals surface area contributed by atoms with Gasteiger partial charge in [-0.3, -0.25) is 4.79 Å². The van der Waals surface area contributed by atoms with Gasteiger partial charge in [-0.25, -0.2) is 4.98 Å². The number of hydrogen-bond acceptors (Lipinski definition) is 2. The van der Waals surface area contributed by atoms with Gasteiger partial charge in [-0.05, 0) is 35.6 Å². The number of benzene rings is 2. The highest BCUT2D eigenvalue weighted by atomic mass is 16.1. The average molecular weight is 432 g/mol. The van der Waals surface area contributed by atoms with Crippen LogP contribution in [0.25, 0.3) is 11.3 Å². The average Bonchev–Trinajstić information content (AvgIpc) is 2.82. The standard InChI is InChI=1S/C20H17NO.C8H18.C2H6/c1-15(22)19-12-7-13-20(21-19)18-11-6-5-10-17(18)14-16-8-3-2-4-9-16;1-4-6-8(3)7-5-2;1-2/h2-13H,14H2,1H3;8H,4-7H2,1-3H3;1-2H3. The Balaban J connectivity index is 0.000000436. The molecule has 0 aliphatic carbocycles. The van der Waals surface area contributed by atoms with Gasteiger partial charge < -0.3 is 0 Å². The molecule has 0 saturated heterocycles. The normalized spacial score (nSPS) is 9.97. The predicted octanol–water partition coefficient (Wildman–Crippen LogP) is 8.79. The van der Waals surface area contributed by atoms with Crippen molar-refractivity contribution in [3.05, 3.63) is 89.6 Å². The van der Waals surface area contributed by atoms with Crippen LogP contribution in [-0.4, -0.2) is 10.8 Å². The largest absolute Gasteiger partial charge is 0.293 e. The molecule has 172 valence electrons. The van der Waals surface area contributed by atoms with Crippen molar-refractivity contribution in [2.75, 3.05) is 0 Å². The van der Waals surface area contributed by atoms with E-state index in [9.17, 15) is 4.79 Å². The molecule has 32 heavy (non-hydrogen) atoms. The smallest absolute Gasteiger partial charge is 0.178 e. The molecule has 0 aliphatic heterocycles. The number of aromatic nitrogens is 1. The predicted molar refractivity (Wildman–Crippen MR) is 139 cm³/mol. The van der Waals surface area contributed by atoms with Crippen LogP contribution in [0.5, 0.6) is 0 Å². The molecule has 0 fully saturated rings. The van der Waals surface area contributed by atoms with Gasteiger partial charge in [0.25, 0.3) is 0 Å². The zero-order valence-corrected chi connectivity index (χ0v) is 20.9. The summed E-state index contributed by atoms with van der Waals surface area (Å²) < 4.78 is 0. The molecule has 2 aromatic carbocycles. The van der Waals surface area contributed by atoms with Crippen molar-refractivity contribution < 1.29 is 4.79 Å². The number of pyridine rings is 1. The lowest BCUT2D eigenvalue weighted by Gasteiger charge is -2.10. The first-order valence-corrected chi connectivity index (χ1v) is 12.1. The summed E-state index contributed by atoms with van der Waals surface area (Å²) in [6.45, 7) is 12.4. The Hall–Kier alpha value is -2.74. The van der Waals surface area contributed by atoms with Crippen LogP contribution in [0.1, 0.15) is 88.8 Å². The minimum atomic E-state index is -0.0117. The molecule has 1 heterocycles. The topological polar surface area (TPSA) is 30.0 Å². The van der Waals surface area contributed by atoms with Crippen molar-refractivity contribution in [2.24, 2.45) is 5.92 Å². The van der Waals surface area contributed by atoms with Crippen molar-refractivity contribution in [1.29, 1.82) is 0 Å². The number of Topliss-reactive ketones (excluding diaryl/α,β-unsaturated/α-hetero) is 1. The number of rotatable bonds is 8. The molecule has 3 aromatic rings. The van der Waals surface area contributed by atoms with E-state index >= 15 is 0 Å². The van der Waals surface area contributed by atoms with Gasteiger partial charge in [-0.2, -0.15) is 0 Å². The van der Waals surface area contributed by atoms with Gasteiger partial charge >= 0.3 is 0 Å². The molecule has 0 saturated carbocycles. The highest BCUT2D eigenvalue weighted by Crippen LogP contribution is 2.24. The lowest BCUT2D eigenvalue weighted by molar-refractivity contribution is 0.101. The summed E-state index contributed by atoms with van der Waals surface area (Å²) in [6, 6.07) is 24.2. The zero-order valence-electron chi connectivity index (χ0n) is 20.9. The Kier molecular flexibility index (Phi) is 13.6. The van der Waals surface area contributed by atoms with Crippen LogP contribution in [-0.2, 0) is 6.42 Å². The van der Waals surface area contributed by atoms with Gasteiger partial charge in [-0.1, -0.05) is 121 Å². The molecule has 1 aromatic heterocycles. The van der Waals surface area contributed by atoms with E-state index in [0.717, 1.165) is 23.6 Å². The molecular weight excluding hydrogens is 390 g/mol. The quantitative estimate of drug-likeness (QED) is 0.333. The Labute approximate surface area is 196 Å². The Morgan fingerprint density at radius 2 is 1.41 bits per heavy atom. The van der Waals surface area contributed by atoms with Crippen molar-refractivity contribution in [1.82, 2.24) is 4.98 Å². The molecule has 0 radical (unpaired) electrons. The molecule has 0 unspecified atom stereocenters. The Bertz CT molecular complexity index is 895. The third kappa shape index (κ3) is 9.60. The summed E-state index contributed by atoms with van der Waals surface area (Å²) in [4.78, 5) is 16.0. The number of nitrogens with zero attached hydrogens (tertiary/aromatic N) is 1. The number of carbonyl (C=O) groups excluding carboxylic acids is 1. The summed E-state index contributed by atoms with van der Waals surface area (Å²) in [5.41, 5.74) is 4.90. The number of ketones is 1. The Morgan fingerprint density at radius 3 is 2.00 bits per heavy atom. The molecule has 0 spiro atoms. The molecule has 3 rings (SSSR count). The zero-order chi connectivity index (χ0) is 23.8. The third-order valence-electron chi connectivity index (χ3n) is 5.20. The number of hydrogen-bond donors (Lipinski definition) is 0. The van der Waals surface area contributed by atoms with Gasteiger partial charge in [0, 0.05) is 12.5 Å². The molecular formula is C30H41NO. The SMILES string of the molecule is CC.CC(=O)c1cccc(-c2ccccc2Cc2ccccc2)n1.CCCC(C)CCC. The second-order valence-electron chi connectivity index (χ2n) is 7.97. The van der Waals surface area contributed by atoms with E-state index in [1.54, 1.807) is 13.0 Å². The first-order chi connectivity index (χ1) is 15.5. The maximum atomic E-state index is 11.5. The van der Waals surface area contributed by atoms with Crippen molar-refractivity contribution >= 4 is 5.78 Å². The first kappa shape index (κ1) is 27.3. The van der Waals surface area contributed by atoms with E-state index in [0.29, 0.717) is 5.69 Å². The monoisotopic (exact) mass is 431 g/mol. The molecule has 0 atom stereocenters. The van der Waals surface area contributed by atoms with E-state index in [2.05, 4.69) is 50.0 Å². The van der Waals surface area contributed by atoms with Gasteiger partial charge in [0.15, 0.2) is 5.78 Å². The fourth-order valence-electron chi connectivity index (χ4n) is 3.65. The van der Waals surface area contributed by atoms with Crippen LogP contribution in [0, 0.1) is 5.92 Å². The lowest BCUT2D eigenvalue weighted by atomic mass is 9.97. The van der Waals surface area contributed by atoms with E-state index < -0.39 is 0 Å². The van der Waals surface area contributed by atoms with E-state index in [1.165, 1.54) is 36.8 Å². The van der Waals surface area contributed by atoms with Crippen molar-refractivity contribution in [3.63, 3.8) is 0 Å². The van der Waals surface area contributed by atoms with E-state index in [-0.39, 0.29) is 5.78 Å². The van der Waals surface area contributed by atoms with Crippen molar-refractivity contribution in [2.45, 2.75) is 73.6 Å². The highest BCUT2D eigenvalue weighted by molar-refractivity contribution is 5.92. The molecule has 0 amide bonds. The summed E-state index contributed by atoms with van der Waals surface area (Å²) in [5.74, 6) is 0.951. The van der Waals surface area contributed by atoms with Crippen LogP contribution < -0.4 is 0 Å². The molecule has 0 N–H and O–H groups in total. The first-order valence-electron chi connectivity index (χ1n) is 12.1. The fourth-order valence-corrected chi connectivity index (χ4v) is 3.65. The maximum absolute atomic E-state index is 11.5. The number of carbonyl (C=O) groups is 1. The minimum absolute atomic E-state index is 0.0117. The van der Waals surface area contributed by atoms with Crippen molar-refractivity contribution in [3.8, 4) is 11.3 Å². The summed E-state index contributed by atoms with van der Waals surface area (Å²) in [6.07, 6.45) is 6.37. The summed E-state index contributed by atoms with van der Waals surface area (Å²) >= 11 is 0. The molecule has 2 heteroatoms. The van der Waals surface area contributed by atoms with Gasteiger partial charge in [-0.15, -0.1) is 0 Å². The van der Waals surface area contributed by atoms with Crippen LogP contribution in [0.4, 0.5) is 0 Å². The second-order valence-corrected chi connectivity index (χ2v) is 7.97. The minimum Gasteiger partial charge on any atom is -0.293 e. The summed E-state index contributed by atoms with van der Waals surface area (Å²) in [7, 11) is 0. The van der Waals surface area contributed by atoms with Gasteiger partial charge in [0.05, 0.1) is 5.69 Å². The fraction of sp³-hybridized carbons (Fsp3) is 0.400. The Morgan fingerprint density at radius 1 is 0.812 bits per heavy atom. The van der Waals surface area contributed by atoms with Gasteiger partial charge in [0.1, 0.15) is 5.69 Å². The van der Waals surface area contributed by atoms with E-state index in [1.807, 2.05) is 56.3 Å². The molecule has 2 nitrogen and oxygen atoms in total. The van der Waals surface area contributed by atoms with Gasteiger partial charge in [0.2, 0.25) is 0 Å². The third-order valence-corrected chi connectivity index (χ3v) is 5.20. The highest BCUT2D eigenvalue weighted by Gasteiger charge is 2.09. The van der Waals surface area contributed by atoms with Crippen LogP contribution >= 0.6 is 0 Å². The lowest BCUT2D eigenvalue weighted by Crippen LogP contribution is -1.99.